The molecule has 3 heteroatoms. The van der Waals surface area contributed by atoms with Crippen LogP contribution in [0.15, 0.2) is 78.9 Å². The summed E-state index contributed by atoms with van der Waals surface area (Å²) in [5, 5.41) is 3.48. The fourth-order valence-electron chi connectivity index (χ4n) is 2.53. The first kappa shape index (κ1) is 17.4. The number of rotatable bonds is 5. The highest BCUT2D eigenvalue weighted by Gasteiger charge is 2.09. The summed E-state index contributed by atoms with van der Waals surface area (Å²) in [5.41, 5.74) is 3.04. The van der Waals surface area contributed by atoms with E-state index in [0.29, 0.717) is 0 Å². The van der Waals surface area contributed by atoms with Crippen molar-refractivity contribution in [1.29, 1.82) is 0 Å². The lowest BCUT2D eigenvalue weighted by Gasteiger charge is -2.16. The van der Waals surface area contributed by atoms with Gasteiger partial charge in [-0.05, 0) is 54.1 Å². The van der Waals surface area contributed by atoms with E-state index in [9.17, 15) is 0 Å². The molecule has 130 valence electrons. The molecule has 3 rings (SSSR count). The topological polar surface area (TPSA) is 30.5 Å². The summed E-state index contributed by atoms with van der Waals surface area (Å²) in [6.45, 7) is 0. The quantitative estimate of drug-likeness (QED) is 0.668. The molecule has 0 heterocycles. The maximum Gasteiger partial charge on any atom is 0.119 e. The van der Waals surface area contributed by atoms with Gasteiger partial charge >= 0.3 is 0 Å². The Morgan fingerprint density at radius 3 is 1.88 bits per heavy atom. The molecule has 1 unspecified atom stereocenters. The third-order valence-corrected chi connectivity index (χ3v) is 3.98. The predicted octanol–water partition coefficient (Wildman–Crippen LogP) is 4.91. The molecule has 0 saturated carbocycles. The first-order valence-corrected chi connectivity index (χ1v) is 8.39. The predicted molar refractivity (Wildman–Crippen MR) is 106 cm³/mol. The standard InChI is InChI=1S/C23H21NO2/c1-25-21-13-9-19(10-14-21)23(17-8-18-6-4-3-5-7-18)24-20-11-15-22(26-2)16-12-20/h3-7,9-16,23-24H,1-2H3. The van der Waals surface area contributed by atoms with Gasteiger partial charge in [0, 0.05) is 11.3 Å². The molecule has 26 heavy (non-hydrogen) atoms. The van der Waals surface area contributed by atoms with Gasteiger partial charge in [0.15, 0.2) is 0 Å². The van der Waals surface area contributed by atoms with Crippen LogP contribution in [0.25, 0.3) is 0 Å². The summed E-state index contributed by atoms with van der Waals surface area (Å²) in [6, 6.07) is 25.6. The van der Waals surface area contributed by atoms with Crippen LogP contribution in [0.5, 0.6) is 11.5 Å². The average Bonchev–Trinajstić information content (AvgIpc) is 2.72. The van der Waals surface area contributed by atoms with E-state index in [1.807, 2.05) is 78.9 Å². The van der Waals surface area contributed by atoms with Crippen LogP contribution in [-0.2, 0) is 0 Å². The van der Waals surface area contributed by atoms with Crippen molar-refractivity contribution in [2.24, 2.45) is 0 Å². The zero-order valence-electron chi connectivity index (χ0n) is 14.9. The number of benzene rings is 3. The van der Waals surface area contributed by atoms with Crippen LogP contribution in [0.3, 0.4) is 0 Å². The third-order valence-electron chi connectivity index (χ3n) is 3.98. The Bertz CT molecular complexity index is 875. The zero-order valence-corrected chi connectivity index (χ0v) is 14.9. The van der Waals surface area contributed by atoms with Crippen LogP contribution < -0.4 is 14.8 Å². The van der Waals surface area contributed by atoms with E-state index < -0.39 is 0 Å². The molecule has 0 aliphatic heterocycles. The fourth-order valence-corrected chi connectivity index (χ4v) is 2.53. The van der Waals surface area contributed by atoms with Gasteiger partial charge in [-0.2, -0.15) is 0 Å². The Morgan fingerprint density at radius 2 is 1.31 bits per heavy atom. The van der Waals surface area contributed by atoms with Crippen molar-refractivity contribution < 1.29 is 9.47 Å². The number of anilines is 1. The highest BCUT2D eigenvalue weighted by atomic mass is 16.5. The number of nitrogens with one attached hydrogen (secondary N) is 1. The Balaban J connectivity index is 1.88. The van der Waals surface area contributed by atoms with Crippen molar-refractivity contribution in [2.45, 2.75) is 6.04 Å². The summed E-state index contributed by atoms with van der Waals surface area (Å²) in [6.07, 6.45) is 0. The Morgan fingerprint density at radius 1 is 0.731 bits per heavy atom. The number of methoxy groups -OCH3 is 2. The largest absolute Gasteiger partial charge is 0.497 e. The molecular formula is C23H21NO2. The molecular weight excluding hydrogens is 322 g/mol. The number of ether oxygens (including phenoxy) is 2. The summed E-state index contributed by atoms with van der Waals surface area (Å²) in [4.78, 5) is 0. The normalized spacial score (nSPS) is 11.0. The second-order valence-corrected chi connectivity index (χ2v) is 5.71. The molecule has 0 radical (unpaired) electrons. The minimum atomic E-state index is -0.144. The van der Waals surface area contributed by atoms with Gasteiger partial charge in [-0.3, -0.25) is 0 Å². The van der Waals surface area contributed by atoms with E-state index in [-0.39, 0.29) is 6.04 Å². The van der Waals surface area contributed by atoms with Crippen molar-refractivity contribution >= 4 is 5.69 Å². The van der Waals surface area contributed by atoms with Gasteiger partial charge in [0.1, 0.15) is 17.5 Å². The average molecular weight is 343 g/mol. The molecule has 0 fully saturated rings. The SMILES string of the molecule is COc1ccc(NC(C#Cc2ccccc2)c2ccc(OC)cc2)cc1. The molecule has 3 aromatic rings. The second kappa shape index (κ2) is 8.64. The maximum absolute atomic E-state index is 5.25. The van der Waals surface area contributed by atoms with E-state index >= 15 is 0 Å². The van der Waals surface area contributed by atoms with Crippen LogP contribution in [0.1, 0.15) is 17.2 Å². The van der Waals surface area contributed by atoms with Crippen molar-refractivity contribution in [3.8, 4) is 23.3 Å². The molecule has 0 bridgehead atoms. The van der Waals surface area contributed by atoms with Crippen LogP contribution >= 0.6 is 0 Å². The molecule has 0 spiro atoms. The van der Waals surface area contributed by atoms with Gasteiger partial charge in [-0.1, -0.05) is 42.2 Å². The van der Waals surface area contributed by atoms with E-state index in [0.717, 1.165) is 28.3 Å². The van der Waals surface area contributed by atoms with E-state index in [1.54, 1.807) is 14.2 Å². The van der Waals surface area contributed by atoms with Crippen molar-refractivity contribution in [3.63, 3.8) is 0 Å². The molecule has 0 aliphatic rings. The lowest BCUT2D eigenvalue weighted by Crippen LogP contribution is -2.08. The van der Waals surface area contributed by atoms with Gasteiger partial charge in [0.2, 0.25) is 0 Å². The minimum Gasteiger partial charge on any atom is -0.497 e. The molecule has 0 aliphatic carbocycles. The molecule has 1 atom stereocenters. The van der Waals surface area contributed by atoms with Crippen molar-refractivity contribution in [3.05, 3.63) is 90.0 Å². The van der Waals surface area contributed by atoms with E-state index in [4.69, 9.17) is 9.47 Å². The van der Waals surface area contributed by atoms with Gasteiger partial charge in [0.25, 0.3) is 0 Å². The van der Waals surface area contributed by atoms with Crippen LogP contribution in [0, 0.1) is 11.8 Å². The second-order valence-electron chi connectivity index (χ2n) is 5.71. The first-order valence-electron chi connectivity index (χ1n) is 8.39. The number of hydrogen-bond donors (Lipinski definition) is 1. The maximum atomic E-state index is 5.25. The summed E-state index contributed by atoms with van der Waals surface area (Å²) >= 11 is 0. The van der Waals surface area contributed by atoms with E-state index in [2.05, 4.69) is 17.2 Å². The summed E-state index contributed by atoms with van der Waals surface area (Å²) < 4.78 is 10.5. The van der Waals surface area contributed by atoms with Gasteiger partial charge in [0.05, 0.1) is 14.2 Å². The zero-order chi connectivity index (χ0) is 18.2. The summed E-state index contributed by atoms with van der Waals surface area (Å²) in [7, 11) is 3.32. The molecule has 0 saturated heterocycles. The minimum absolute atomic E-state index is 0.144. The lowest BCUT2D eigenvalue weighted by molar-refractivity contribution is 0.414. The molecule has 1 N–H and O–H groups in total. The monoisotopic (exact) mass is 343 g/mol. The smallest absolute Gasteiger partial charge is 0.119 e. The van der Waals surface area contributed by atoms with E-state index in [1.165, 1.54) is 0 Å². The van der Waals surface area contributed by atoms with Crippen molar-refractivity contribution in [2.75, 3.05) is 19.5 Å². The van der Waals surface area contributed by atoms with Crippen LogP contribution in [-0.4, -0.2) is 14.2 Å². The Labute approximate surface area is 154 Å². The first-order chi connectivity index (χ1) is 12.8. The number of hydrogen-bond acceptors (Lipinski definition) is 3. The van der Waals surface area contributed by atoms with Gasteiger partial charge < -0.3 is 14.8 Å². The summed E-state index contributed by atoms with van der Waals surface area (Å²) in [5.74, 6) is 8.23. The highest BCUT2D eigenvalue weighted by molar-refractivity contribution is 5.51. The van der Waals surface area contributed by atoms with Crippen molar-refractivity contribution in [1.82, 2.24) is 0 Å². The van der Waals surface area contributed by atoms with Gasteiger partial charge in [-0.25, -0.2) is 0 Å². The molecule has 0 amide bonds. The Kier molecular flexibility index (Phi) is 5.80. The Hall–Kier alpha value is -3.38. The third kappa shape index (κ3) is 4.58. The van der Waals surface area contributed by atoms with Gasteiger partial charge in [-0.15, -0.1) is 0 Å². The fraction of sp³-hybridized carbons (Fsp3) is 0.130. The lowest BCUT2D eigenvalue weighted by atomic mass is 10.1. The molecule has 0 aromatic heterocycles. The van der Waals surface area contributed by atoms with Crippen LogP contribution in [0.2, 0.25) is 0 Å². The van der Waals surface area contributed by atoms with Crippen LogP contribution in [0.4, 0.5) is 5.69 Å². The molecule has 3 aromatic carbocycles. The highest BCUT2D eigenvalue weighted by Crippen LogP contribution is 2.23. The molecule has 3 nitrogen and oxygen atoms in total.